The van der Waals surface area contributed by atoms with E-state index >= 15 is 0 Å². The molecule has 1 aromatic rings. The van der Waals surface area contributed by atoms with Gasteiger partial charge in [-0.1, -0.05) is 0 Å². The van der Waals surface area contributed by atoms with Gasteiger partial charge in [-0.25, -0.2) is 4.98 Å². The van der Waals surface area contributed by atoms with Crippen LogP contribution in [0.2, 0.25) is 0 Å². The molecule has 0 aromatic carbocycles. The predicted octanol–water partition coefficient (Wildman–Crippen LogP) is 0.0539. The van der Waals surface area contributed by atoms with Crippen LogP contribution in [0.5, 0.6) is 5.88 Å². The summed E-state index contributed by atoms with van der Waals surface area (Å²) >= 11 is 0. The number of hydrogen-bond donors (Lipinski definition) is 1. The van der Waals surface area contributed by atoms with Crippen molar-refractivity contribution in [3.05, 3.63) is 12.3 Å². The first-order valence-electron chi connectivity index (χ1n) is 6.45. The molecule has 18 heavy (non-hydrogen) atoms. The van der Waals surface area contributed by atoms with Gasteiger partial charge >= 0.3 is 0 Å². The summed E-state index contributed by atoms with van der Waals surface area (Å²) in [5, 5.41) is 3.28. The lowest BCUT2D eigenvalue weighted by molar-refractivity contribution is 0.122. The summed E-state index contributed by atoms with van der Waals surface area (Å²) in [7, 11) is 0. The van der Waals surface area contributed by atoms with Crippen molar-refractivity contribution in [3.63, 3.8) is 0 Å². The van der Waals surface area contributed by atoms with Gasteiger partial charge in [0.2, 0.25) is 11.8 Å². The van der Waals surface area contributed by atoms with E-state index in [1.807, 2.05) is 6.07 Å². The molecule has 0 radical (unpaired) electrons. The highest BCUT2D eigenvalue weighted by molar-refractivity contribution is 5.32. The first-order valence-corrected chi connectivity index (χ1v) is 6.45. The van der Waals surface area contributed by atoms with Crippen molar-refractivity contribution < 1.29 is 9.47 Å². The standard InChI is InChI=1S/C12H18N4O2/c1-3-13-9-10(1)18-11-2-4-14-12(15-11)16-5-7-17-8-6-16/h2,4,10,13H,1,3,5-9H2. The first-order chi connectivity index (χ1) is 8.92. The Balaban J connectivity index is 1.67. The number of aromatic nitrogens is 2. The molecule has 0 aliphatic carbocycles. The molecule has 2 aliphatic heterocycles. The van der Waals surface area contributed by atoms with E-state index in [4.69, 9.17) is 9.47 Å². The molecule has 0 saturated carbocycles. The van der Waals surface area contributed by atoms with E-state index in [1.165, 1.54) is 0 Å². The Labute approximate surface area is 106 Å². The van der Waals surface area contributed by atoms with Crippen LogP contribution in [0.3, 0.4) is 0 Å². The van der Waals surface area contributed by atoms with Gasteiger partial charge in [-0.3, -0.25) is 0 Å². The third-order valence-corrected chi connectivity index (χ3v) is 3.21. The maximum absolute atomic E-state index is 5.84. The second kappa shape index (κ2) is 5.49. The van der Waals surface area contributed by atoms with E-state index in [9.17, 15) is 0 Å². The van der Waals surface area contributed by atoms with Crippen LogP contribution in [0.1, 0.15) is 6.42 Å². The fraction of sp³-hybridized carbons (Fsp3) is 0.667. The fourth-order valence-corrected chi connectivity index (χ4v) is 2.21. The van der Waals surface area contributed by atoms with E-state index in [-0.39, 0.29) is 6.10 Å². The molecule has 3 heterocycles. The van der Waals surface area contributed by atoms with Gasteiger partial charge in [0.05, 0.1) is 13.2 Å². The maximum Gasteiger partial charge on any atom is 0.228 e. The van der Waals surface area contributed by atoms with Crippen LogP contribution in [0.15, 0.2) is 12.3 Å². The van der Waals surface area contributed by atoms with Crippen molar-refractivity contribution in [2.45, 2.75) is 12.5 Å². The molecule has 1 aromatic heterocycles. The highest BCUT2D eigenvalue weighted by atomic mass is 16.5. The highest BCUT2D eigenvalue weighted by Crippen LogP contribution is 2.16. The topological polar surface area (TPSA) is 59.5 Å². The van der Waals surface area contributed by atoms with Gasteiger partial charge < -0.3 is 19.7 Å². The van der Waals surface area contributed by atoms with Crippen LogP contribution in [0, 0.1) is 0 Å². The summed E-state index contributed by atoms with van der Waals surface area (Å²) in [5.74, 6) is 1.40. The number of nitrogens with one attached hydrogen (secondary N) is 1. The molecule has 2 fully saturated rings. The van der Waals surface area contributed by atoms with Gasteiger partial charge in [-0.15, -0.1) is 0 Å². The lowest BCUT2D eigenvalue weighted by Gasteiger charge is -2.26. The normalized spacial score (nSPS) is 24.2. The Hall–Kier alpha value is -1.40. The number of ether oxygens (including phenoxy) is 2. The molecule has 1 unspecified atom stereocenters. The number of nitrogens with zero attached hydrogens (tertiary/aromatic N) is 3. The van der Waals surface area contributed by atoms with Crippen molar-refractivity contribution in [2.24, 2.45) is 0 Å². The Morgan fingerprint density at radius 3 is 3.06 bits per heavy atom. The van der Waals surface area contributed by atoms with Crippen LogP contribution >= 0.6 is 0 Å². The van der Waals surface area contributed by atoms with Crippen molar-refractivity contribution in [1.29, 1.82) is 0 Å². The number of hydrogen-bond acceptors (Lipinski definition) is 6. The second-order valence-electron chi connectivity index (χ2n) is 4.53. The van der Waals surface area contributed by atoms with Crippen molar-refractivity contribution >= 4 is 5.95 Å². The van der Waals surface area contributed by atoms with Crippen LogP contribution in [-0.4, -0.2) is 55.5 Å². The SMILES string of the molecule is c1cc(OC2CCNC2)nc(N2CCOCC2)n1. The minimum Gasteiger partial charge on any atom is -0.473 e. The molecule has 3 rings (SSSR count). The van der Waals surface area contributed by atoms with Gasteiger partial charge in [-0.05, 0) is 13.0 Å². The largest absolute Gasteiger partial charge is 0.473 e. The fourth-order valence-electron chi connectivity index (χ4n) is 2.21. The summed E-state index contributed by atoms with van der Waals surface area (Å²) in [6, 6.07) is 1.82. The van der Waals surface area contributed by atoms with Crippen molar-refractivity contribution in [3.8, 4) is 5.88 Å². The highest BCUT2D eigenvalue weighted by Gasteiger charge is 2.18. The van der Waals surface area contributed by atoms with E-state index in [2.05, 4.69) is 20.2 Å². The Morgan fingerprint density at radius 1 is 1.39 bits per heavy atom. The molecule has 0 spiro atoms. The third kappa shape index (κ3) is 2.70. The molecule has 2 aliphatic rings. The summed E-state index contributed by atoms with van der Waals surface area (Å²) < 4.78 is 11.2. The average Bonchev–Trinajstić information content (AvgIpc) is 2.93. The molecule has 0 bridgehead atoms. The molecule has 1 N–H and O–H groups in total. The zero-order valence-electron chi connectivity index (χ0n) is 10.3. The lowest BCUT2D eigenvalue weighted by Crippen LogP contribution is -2.37. The minimum absolute atomic E-state index is 0.234. The van der Waals surface area contributed by atoms with Crippen LogP contribution < -0.4 is 15.0 Å². The summed E-state index contributed by atoms with van der Waals surface area (Å²) in [4.78, 5) is 10.9. The molecular weight excluding hydrogens is 232 g/mol. The zero-order chi connectivity index (χ0) is 12.2. The van der Waals surface area contributed by atoms with Crippen molar-refractivity contribution in [2.75, 3.05) is 44.3 Å². The summed E-state index contributed by atoms with van der Waals surface area (Å²) in [5.41, 5.74) is 0. The minimum atomic E-state index is 0.234. The monoisotopic (exact) mass is 250 g/mol. The predicted molar refractivity (Wildman–Crippen MR) is 67.0 cm³/mol. The maximum atomic E-state index is 5.84. The lowest BCUT2D eigenvalue weighted by atomic mass is 10.3. The molecule has 0 amide bonds. The molecule has 6 heteroatoms. The Morgan fingerprint density at radius 2 is 2.28 bits per heavy atom. The summed E-state index contributed by atoms with van der Waals surface area (Å²) in [6.45, 7) is 5.08. The van der Waals surface area contributed by atoms with E-state index in [0.29, 0.717) is 5.88 Å². The number of anilines is 1. The smallest absolute Gasteiger partial charge is 0.228 e. The van der Waals surface area contributed by atoms with Crippen LogP contribution in [0.25, 0.3) is 0 Å². The molecule has 98 valence electrons. The zero-order valence-corrected chi connectivity index (χ0v) is 10.3. The van der Waals surface area contributed by atoms with Gasteiger partial charge in [0, 0.05) is 31.9 Å². The molecular formula is C12H18N4O2. The molecule has 6 nitrogen and oxygen atoms in total. The average molecular weight is 250 g/mol. The van der Waals surface area contributed by atoms with Gasteiger partial charge in [-0.2, -0.15) is 4.98 Å². The first kappa shape index (κ1) is 11.7. The van der Waals surface area contributed by atoms with E-state index < -0.39 is 0 Å². The van der Waals surface area contributed by atoms with Gasteiger partial charge in [0.15, 0.2) is 0 Å². The number of morpholine rings is 1. The molecule has 2 saturated heterocycles. The Kier molecular flexibility index (Phi) is 3.56. The summed E-state index contributed by atoms with van der Waals surface area (Å²) in [6.07, 6.45) is 3.03. The Bertz CT molecular complexity index is 389. The molecule has 1 atom stereocenters. The third-order valence-electron chi connectivity index (χ3n) is 3.21. The number of rotatable bonds is 3. The van der Waals surface area contributed by atoms with Gasteiger partial charge in [0.1, 0.15) is 6.10 Å². The quantitative estimate of drug-likeness (QED) is 0.818. The van der Waals surface area contributed by atoms with Crippen molar-refractivity contribution in [1.82, 2.24) is 15.3 Å². The van der Waals surface area contributed by atoms with Crippen LogP contribution in [0.4, 0.5) is 5.95 Å². The van der Waals surface area contributed by atoms with Gasteiger partial charge in [0.25, 0.3) is 0 Å². The van der Waals surface area contributed by atoms with E-state index in [1.54, 1.807) is 6.20 Å². The second-order valence-corrected chi connectivity index (χ2v) is 4.53. The van der Waals surface area contributed by atoms with E-state index in [0.717, 1.165) is 51.8 Å². The van der Waals surface area contributed by atoms with Crippen LogP contribution in [-0.2, 0) is 4.74 Å².